The van der Waals surface area contributed by atoms with Gasteiger partial charge in [-0.25, -0.2) is 0 Å². The van der Waals surface area contributed by atoms with Crippen LogP contribution in [0.3, 0.4) is 0 Å². The summed E-state index contributed by atoms with van der Waals surface area (Å²) in [5.41, 5.74) is 2.81. The first-order valence-electron chi connectivity index (χ1n) is 8.42. The summed E-state index contributed by atoms with van der Waals surface area (Å²) in [6.07, 6.45) is 9.51. The van der Waals surface area contributed by atoms with Gasteiger partial charge in [0.1, 0.15) is 0 Å². The van der Waals surface area contributed by atoms with E-state index in [9.17, 15) is 0 Å². The van der Waals surface area contributed by atoms with Crippen molar-refractivity contribution in [1.29, 1.82) is 0 Å². The molecule has 1 aliphatic rings. The van der Waals surface area contributed by atoms with Crippen LogP contribution in [0.2, 0.25) is 0 Å². The van der Waals surface area contributed by atoms with Gasteiger partial charge in [-0.05, 0) is 43.5 Å². The first-order chi connectivity index (χ1) is 9.90. The lowest BCUT2D eigenvalue weighted by atomic mass is 9.94. The summed E-state index contributed by atoms with van der Waals surface area (Å²) in [5, 5.41) is 7.18. The van der Waals surface area contributed by atoms with Crippen molar-refractivity contribution < 1.29 is 0 Å². The van der Waals surface area contributed by atoms with Gasteiger partial charge in [0.05, 0.1) is 0 Å². The fourth-order valence-corrected chi connectivity index (χ4v) is 2.99. The Balaban J connectivity index is 1.53. The summed E-state index contributed by atoms with van der Waals surface area (Å²) in [6, 6.07) is 8.70. The normalized spacial score (nSPS) is 17.6. The van der Waals surface area contributed by atoms with E-state index in [1.54, 1.807) is 0 Å². The Bertz CT molecular complexity index is 375. The van der Waals surface area contributed by atoms with Gasteiger partial charge in [-0.15, -0.1) is 0 Å². The van der Waals surface area contributed by atoms with Crippen molar-refractivity contribution in [3.05, 3.63) is 29.8 Å². The van der Waals surface area contributed by atoms with Crippen molar-refractivity contribution in [3.8, 4) is 0 Å². The number of hydrogen-bond acceptors (Lipinski definition) is 2. The average molecular weight is 274 g/mol. The third kappa shape index (κ3) is 5.16. The largest absolute Gasteiger partial charge is 0.384 e. The molecule has 1 heterocycles. The van der Waals surface area contributed by atoms with Crippen molar-refractivity contribution in [2.45, 2.75) is 51.9 Å². The zero-order valence-electron chi connectivity index (χ0n) is 13.0. The molecule has 1 aliphatic heterocycles. The fourth-order valence-electron chi connectivity index (χ4n) is 2.99. The molecule has 0 aromatic heterocycles. The highest BCUT2D eigenvalue weighted by Gasteiger charge is 2.16. The second-order valence-corrected chi connectivity index (χ2v) is 6.08. The van der Waals surface area contributed by atoms with Crippen molar-refractivity contribution in [1.82, 2.24) is 5.32 Å². The third-order valence-electron chi connectivity index (χ3n) is 4.25. The number of anilines is 1. The highest BCUT2D eigenvalue weighted by Crippen LogP contribution is 2.23. The molecule has 0 amide bonds. The molecule has 0 saturated heterocycles. The minimum Gasteiger partial charge on any atom is -0.384 e. The summed E-state index contributed by atoms with van der Waals surface area (Å²) in [6.45, 7) is 5.72. The molecule has 1 aromatic carbocycles. The molecule has 0 bridgehead atoms. The number of para-hydroxylation sites is 1. The Morgan fingerprint density at radius 3 is 2.80 bits per heavy atom. The van der Waals surface area contributed by atoms with Crippen molar-refractivity contribution in [3.63, 3.8) is 0 Å². The van der Waals surface area contributed by atoms with Gasteiger partial charge in [0, 0.05) is 12.2 Å². The Morgan fingerprint density at radius 2 is 1.90 bits per heavy atom. The van der Waals surface area contributed by atoms with Crippen LogP contribution in [0.4, 0.5) is 5.69 Å². The van der Waals surface area contributed by atoms with Gasteiger partial charge in [-0.1, -0.05) is 57.2 Å². The zero-order valence-corrected chi connectivity index (χ0v) is 13.0. The van der Waals surface area contributed by atoms with Crippen LogP contribution in [0.5, 0.6) is 0 Å². The van der Waals surface area contributed by atoms with E-state index in [-0.39, 0.29) is 0 Å². The molecule has 0 spiro atoms. The van der Waals surface area contributed by atoms with Gasteiger partial charge >= 0.3 is 0 Å². The summed E-state index contributed by atoms with van der Waals surface area (Å²) in [5.74, 6) is 0.741. The summed E-state index contributed by atoms with van der Waals surface area (Å²) < 4.78 is 0. The molecule has 2 heteroatoms. The Morgan fingerprint density at radius 1 is 1.10 bits per heavy atom. The standard InChI is InChI=1S/C18H30N2/c1-2-3-4-5-6-9-12-19-14-16-13-17-10-7-8-11-18(17)20-15-16/h7-8,10-11,16,19-20H,2-6,9,12-15H2,1H3. The summed E-state index contributed by atoms with van der Waals surface area (Å²) >= 11 is 0. The van der Waals surface area contributed by atoms with Gasteiger partial charge < -0.3 is 10.6 Å². The van der Waals surface area contributed by atoms with Crippen LogP contribution < -0.4 is 10.6 Å². The van der Waals surface area contributed by atoms with Crippen LogP contribution in [-0.4, -0.2) is 19.6 Å². The summed E-state index contributed by atoms with van der Waals surface area (Å²) in [7, 11) is 0. The molecule has 2 N–H and O–H groups in total. The number of benzene rings is 1. The van der Waals surface area contributed by atoms with Crippen LogP contribution in [0.25, 0.3) is 0 Å². The smallest absolute Gasteiger partial charge is 0.0372 e. The maximum absolute atomic E-state index is 3.64. The van der Waals surface area contributed by atoms with Crippen molar-refractivity contribution >= 4 is 5.69 Å². The second-order valence-electron chi connectivity index (χ2n) is 6.08. The first kappa shape index (κ1) is 15.4. The van der Waals surface area contributed by atoms with E-state index < -0.39 is 0 Å². The fraction of sp³-hybridized carbons (Fsp3) is 0.667. The maximum atomic E-state index is 3.64. The van der Waals surface area contributed by atoms with E-state index >= 15 is 0 Å². The summed E-state index contributed by atoms with van der Waals surface area (Å²) in [4.78, 5) is 0. The Kier molecular flexibility index (Phi) is 6.93. The molecular weight excluding hydrogens is 244 g/mol. The minimum atomic E-state index is 0.741. The highest BCUT2D eigenvalue weighted by molar-refractivity contribution is 5.53. The predicted molar refractivity (Wildman–Crippen MR) is 88.4 cm³/mol. The first-order valence-corrected chi connectivity index (χ1v) is 8.42. The highest BCUT2D eigenvalue weighted by atomic mass is 14.9. The van der Waals surface area contributed by atoms with Gasteiger partial charge in [-0.2, -0.15) is 0 Å². The van der Waals surface area contributed by atoms with Crippen LogP contribution in [0, 0.1) is 5.92 Å². The molecule has 0 fully saturated rings. The monoisotopic (exact) mass is 274 g/mol. The quantitative estimate of drug-likeness (QED) is 0.659. The number of unbranched alkanes of at least 4 members (excludes halogenated alkanes) is 5. The van der Waals surface area contributed by atoms with Gasteiger partial charge in [0.25, 0.3) is 0 Å². The molecule has 1 unspecified atom stereocenters. The second kappa shape index (κ2) is 9.02. The minimum absolute atomic E-state index is 0.741. The Hall–Kier alpha value is -1.02. The van der Waals surface area contributed by atoms with Crippen molar-refractivity contribution in [2.24, 2.45) is 5.92 Å². The van der Waals surface area contributed by atoms with E-state index in [1.165, 1.54) is 62.7 Å². The number of fused-ring (bicyclic) bond motifs is 1. The topological polar surface area (TPSA) is 24.1 Å². The van der Waals surface area contributed by atoms with Gasteiger partial charge in [-0.3, -0.25) is 0 Å². The third-order valence-corrected chi connectivity index (χ3v) is 4.25. The van der Waals surface area contributed by atoms with Crippen LogP contribution >= 0.6 is 0 Å². The van der Waals surface area contributed by atoms with Crippen molar-refractivity contribution in [2.75, 3.05) is 25.0 Å². The Labute approximate surface area is 124 Å². The van der Waals surface area contributed by atoms with Gasteiger partial charge in [0.2, 0.25) is 0 Å². The molecule has 1 aromatic rings. The van der Waals surface area contributed by atoms with Crippen LogP contribution in [0.15, 0.2) is 24.3 Å². The average Bonchev–Trinajstić information content (AvgIpc) is 2.50. The molecule has 0 radical (unpaired) electrons. The molecule has 2 rings (SSSR count). The van der Waals surface area contributed by atoms with E-state index in [0.717, 1.165) is 19.0 Å². The van der Waals surface area contributed by atoms with Gasteiger partial charge in [0.15, 0.2) is 0 Å². The van der Waals surface area contributed by atoms with E-state index in [1.807, 2.05) is 0 Å². The van der Waals surface area contributed by atoms with E-state index in [0.29, 0.717) is 0 Å². The van der Waals surface area contributed by atoms with Crippen LogP contribution in [0.1, 0.15) is 51.0 Å². The van der Waals surface area contributed by atoms with E-state index in [4.69, 9.17) is 0 Å². The maximum Gasteiger partial charge on any atom is 0.0372 e. The SMILES string of the molecule is CCCCCCCCNCC1CNc2ccccc2C1. The lowest BCUT2D eigenvalue weighted by Crippen LogP contribution is -2.32. The molecule has 0 saturated carbocycles. The lowest BCUT2D eigenvalue weighted by Gasteiger charge is -2.26. The number of nitrogens with one attached hydrogen (secondary N) is 2. The number of hydrogen-bond donors (Lipinski definition) is 2. The van der Waals surface area contributed by atoms with Crippen LogP contribution in [-0.2, 0) is 6.42 Å². The molecule has 20 heavy (non-hydrogen) atoms. The zero-order chi connectivity index (χ0) is 14.0. The molecule has 112 valence electrons. The predicted octanol–water partition coefficient (Wildman–Crippen LogP) is 4.22. The molecular formula is C18H30N2. The lowest BCUT2D eigenvalue weighted by molar-refractivity contribution is 0.473. The molecule has 2 nitrogen and oxygen atoms in total. The number of rotatable bonds is 9. The molecule has 1 atom stereocenters. The molecule has 0 aliphatic carbocycles. The van der Waals surface area contributed by atoms with E-state index in [2.05, 4.69) is 41.8 Å².